The zero-order valence-electron chi connectivity index (χ0n) is 40.8. The number of Topliss-reactive ketones (excluding diaryl/α,β-unsaturated/α-hetero) is 1. The van der Waals surface area contributed by atoms with Crippen molar-refractivity contribution in [3.8, 4) is 34.5 Å². The molecular weight excluding hydrogens is 893 g/mol. The average molecular weight is 960 g/mol. The molecule has 6 aromatic rings. The molecular formula is C59H67N4O8-. The van der Waals surface area contributed by atoms with Crippen molar-refractivity contribution < 1.29 is 39.8 Å². The Balaban J connectivity index is 1.14. The minimum Gasteiger partial charge on any atom is -0.668 e. The van der Waals surface area contributed by atoms with Crippen molar-refractivity contribution in [1.82, 2.24) is 15.3 Å². The summed E-state index contributed by atoms with van der Waals surface area (Å²) in [6.07, 6.45) is 14.5. The number of nitrogens with zero attached hydrogens (tertiary/aromatic N) is 2. The summed E-state index contributed by atoms with van der Waals surface area (Å²) in [5, 5.41) is 66.5. The molecule has 2 bridgehead atoms. The van der Waals surface area contributed by atoms with Gasteiger partial charge in [-0.1, -0.05) is 55.8 Å². The van der Waals surface area contributed by atoms with E-state index in [1.807, 2.05) is 61.9 Å². The number of hydrogen-bond acceptors (Lipinski definition) is 11. The number of ketones is 1. The quantitative estimate of drug-likeness (QED) is 0.0455. The first-order valence-corrected chi connectivity index (χ1v) is 25.7. The highest BCUT2D eigenvalue weighted by Crippen LogP contribution is 2.56. The van der Waals surface area contributed by atoms with Gasteiger partial charge in [-0.25, -0.2) is 4.98 Å². The van der Waals surface area contributed by atoms with Crippen molar-refractivity contribution in [2.24, 2.45) is 23.7 Å². The number of aromatic hydroxyl groups is 4. The summed E-state index contributed by atoms with van der Waals surface area (Å²) in [5.41, 5.74) is 5.41. The number of allylic oxidation sites excluding steroid dienone is 1. The van der Waals surface area contributed by atoms with Crippen LogP contribution in [-0.2, 0) is 29.5 Å². The fourth-order valence-electron chi connectivity index (χ4n) is 13.0. The molecule has 7 N–H and O–H groups in total. The van der Waals surface area contributed by atoms with Crippen molar-refractivity contribution >= 4 is 28.1 Å². The van der Waals surface area contributed by atoms with Crippen LogP contribution in [0.3, 0.4) is 0 Å². The fourth-order valence-corrected chi connectivity index (χ4v) is 13.0. The number of anilines is 2. The summed E-state index contributed by atoms with van der Waals surface area (Å²) >= 11 is 0. The normalized spacial score (nSPS) is 24.7. The molecule has 2 aliphatic heterocycles. The number of benzene rings is 4. The van der Waals surface area contributed by atoms with Crippen molar-refractivity contribution in [1.29, 1.82) is 0 Å². The predicted molar refractivity (Wildman–Crippen MR) is 275 cm³/mol. The van der Waals surface area contributed by atoms with Gasteiger partial charge >= 0.3 is 0 Å². The monoisotopic (exact) mass is 959 g/mol. The molecule has 71 heavy (non-hydrogen) atoms. The second kappa shape index (κ2) is 20.7. The third kappa shape index (κ3) is 9.81. The molecule has 4 aliphatic rings. The largest absolute Gasteiger partial charge is 0.668 e. The number of aromatic nitrogens is 2. The zero-order chi connectivity index (χ0) is 49.2. The summed E-state index contributed by atoms with van der Waals surface area (Å²) in [5.74, 6) is -0.305. The molecule has 0 radical (unpaired) electrons. The van der Waals surface area contributed by atoms with E-state index >= 15 is 4.79 Å². The van der Waals surface area contributed by atoms with Gasteiger partial charge in [0.1, 0.15) is 17.4 Å². The number of pyridine rings is 1. The third-order valence-corrected chi connectivity index (χ3v) is 16.2. The maximum Gasteiger partial charge on any atom is 0.200 e. The summed E-state index contributed by atoms with van der Waals surface area (Å²) in [7, 11) is 1.91. The van der Waals surface area contributed by atoms with Crippen LogP contribution >= 0.6 is 0 Å². The van der Waals surface area contributed by atoms with Crippen LogP contribution in [-0.4, -0.2) is 69.2 Å². The number of aryl methyl sites for hydroxylation is 1. The molecule has 10 rings (SSSR count). The van der Waals surface area contributed by atoms with Gasteiger partial charge in [-0.15, -0.1) is 0 Å². The van der Waals surface area contributed by atoms with Crippen LogP contribution in [0.1, 0.15) is 110 Å². The van der Waals surface area contributed by atoms with E-state index in [9.17, 15) is 25.5 Å². The van der Waals surface area contributed by atoms with Gasteiger partial charge in [-0.3, -0.25) is 4.79 Å². The lowest BCUT2D eigenvalue weighted by atomic mass is 9.58. The van der Waals surface area contributed by atoms with E-state index in [-0.39, 0.29) is 65.1 Å². The number of hydrogen-bond donors (Lipinski definition) is 7. The summed E-state index contributed by atoms with van der Waals surface area (Å²) < 4.78 is 12.3. The molecule has 0 amide bonds. The van der Waals surface area contributed by atoms with Gasteiger partial charge in [0.2, 0.25) is 5.75 Å². The number of phenols is 4. The Morgan fingerprint density at radius 1 is 1.00 bits per heavy atom. The Bertz CT molecular complexity index is 2900. The van der Waals surface area contributed by atoms with Crippen LogP contribution in [0.15, 0.2) is 103 Å². The fraction of sp³-hybridized carbons (Fsp3) is 0.424. The molecule has 1 saturated carbocycles. The van der Waals surface area contributed by atoms with Gasteiger partial charge in [0, 0.05) is 41.7 Å². The van der Waals surface area contributed by atoms with E-state index in [0.717, 1.165) is 82.9 Å². The van der Waals surface area contributed by atoms with Gasteiger partial charge in [0.05, 0.1) is 25.2 Å². The summed E-state index contributed by atoms with van der Waals surface area (Å²) in [6, 6.07) is 24.5. The number of carbonyl (C=O) groups is 1. The molecule has 0 unspecified atom stereocenters. The van der Waals surface area contributed by atoms with Gasteiger partial charge in [-0.2, -0.15) is 11.9 Å². The number of likely N-dealkylation sites (N-methyl/N-ethyl adjacent to an activating group) is 1. The molecule has 0 saturated heterocycles. The molecule has 8 atom stereocenters. The first-order chi connectivity index (χ1) is 34.5. The van der Waals surface area contributed by atoms with Crippen molar-refractivity contribution in [2.75, 3.05) is 32.1 Å². The average Bonchev–Trinajstić information content (AvgIpc) is 4.04. The van der Waals surface area contributed by atoms with Crippen molar-refractivity contribution in [2.45, 2.75) is 107 Å². The summed E-state index contributed by atoms with van der Waals surface area (Å²) in [4.78, 5) is 26.0. The van der Waals surface area contributed by atoms with Crippen LogP contribution < -0.4 is 25.1 Å². The van der Waals surface area contributed by atoms with E-state index in [1.165, 1.54) is 0 Å². The Morgan fingerprint density at radius 2 is 1.89 bits per heavy atom. The SMILES string of the molecule is CNC[C@@H]1C[C@H](c2cc(O)c(O)c(OC[C@@H]3C=CC[C@@H](C)C3)c2)CC(=O)[C@H]([C@H](O)CCc2ccc(O)c3c2CCCO3)[C@]2(CCC[C@@H]2Cc2ccc[n-]2)c2ccnc(c2)Nc2ccc3cc(O)ccc3c21. The minimum absolute atomic E-state index is 0.0201. The van der Waals surface area contributed by atoms with Gasteiger partial charge in [0.25, 0.3) is 0 Å². The standard InChI is InChI=1S/C59H67N4O8/c1-35-7-3-8-36(25-35)34-71-53-30-40(29-52(68)57(53)69)39-26-41(33-60-2)55-46-16-15-45(64)27-38(46)12-17-48(55)63-54-32-43(20-23-62-54)59(21-4-9-42(59)31-44-10-5-22-61-44)56(51(67)28-39)49(65)18-13-37-14-19-50(66)58-47(37)11-6-24-70-58/h3,5,8,10,12,14-17,19-20,22-23,27,29-30,32,35-36,39,41-42,49,56,60,64-66,68-69H,4,6-7,9,11,13,18,21,24-26,28,31,33-34H2,1-2H3,(H,62,63)/q-1/t35-,36-,39+,41+,42-,49-,56+,59+/m1/s1. The molecule has 4 aromatic carbocycles. The smallest absolute Gasteiger partial charge is 0.200 e. The molecule has 2 aromatic heterocycles. The molecule has 1 spiro atoms. The Kier molecular flexibility index (Phi) is 14.0. The molecule has 4 heterocycles. The summed E-state index contributed by atoms with van der Waals surface area (Å²) in [6.45, 7) is 3.57. The van der Waals surface area contributed by atoms with E-state index < -0.39 is 23.4 Å². The first kappa shape index (κ1) is 48.1. The second-order valence-corrected chi connectivity index (χ2v) is 20.9. The molecule has 372 valence electrons. The predicted octanol–water partition coefficient (Wildman–Crippen LogP) is 10.4. The Hall–Kier alpha value is -6.50. The molecule has 2 aliphatic carbocycles. The lowest BCUT2D eigenvalue weighted by Crippen LogP contribution is -2.50. The number of ether oxygens (including phenoxy) is 2. The number of nitrogens with one attached hydrogen (secondary N) is 2. The number of rotatable bonds is 12. The second-order valence-electron chi connectivity index (χ2n) is 20.9. The Labute approximate surface area is 416 Å². The number of aliphatic hydroxyl groups is 1. The van der Waals surface area contributed by atoms with E-state index in [4.69, 9.17) is 19.4 Å². The van der Waals surface area contributed by atoms with Gasteiger partial charge in [0.15, 0.2) is 23.0 Å². The van der Waals surface area contributed by atoms with Crippen LogP contribution in [0.25, 0.3) is 10.8 Å². The van der Waals surface area contributed by atoms with E-state index in [2.05, 4.69) is 35.8 Å². The van der Waals surface area contributed by atoms with Gasteiger partial charge in [-0.05, 0) is 176 Å². The maximum atomic E-state index is 16.3. The number of aliphatic hydroxyl groups excluding tert-OH is 1. The van der Waals surface area contributed by atoms with Crippen molar-refractivity contribution in [3.63, 3.8) is 0 Å². The van der Waals surface area contributed by atoms with Gasteiger partial charge < -0.3 is 50.6 Å². The molecule has 12 nitrogen and oxygen atoms in total. The van der Waals surface area contributed by atoms with E-state index in [1.54, 1.807) is 30.3 Å². The first-order valence-electron chi connectivity index (χ1n) is 25.7. The lowest BCUT2D eigenvalue weighted by Gasteiger charge is -2.45. The van der Waals surface area contributed by atoms with Crippen LogP contribution in [0.2, 0.25) is 0 Å². The highest BCUT2D eigenvalue weighted by molar-refractivity contribution is 5.93. The van der Waals surface area contributed by atoms with Crippen LogP contribution in [0, 0.1) is 23.7 Å². The highest BCUT2D eigenvalue weighted by atomic mass is 16.5. The minimum atomic E-state index is -1.08. The van der Waals surface area contributed by atoms with Crippen LogP contribution in [0.4, 0.5) is 11.5 Å². The highest BCUT2D eigenvalue weighted by Gasteiger charge is 2.54. The number of phenolic OH excluding ortho intramolecular Hbond substituents is 4. The lowest BCUT2D eigenvalue weighted by molar-refractivity contribution is -0.132. The third-order valence-electron chi connectivity index (χ3n) is 16.2. The Morgan fingerprint density at radius 3 is 2.72 bits per heavy atom. The van der Waals surface area contributed by atoms with Crippen LogP contribution in [0.5, 0.6) is 34.5 Å². The van der Waals surface area contributed by atoms with E-state index in [0.29, 0.717) is 68.5 Å². The van der Waals surface area contributed by atoms with Crippen molar-refractivity contribution in [3.05, 3.63) is 137 Å². The topological polar surface area (TPSA) is 188 Å². The number of fused-ring (bicyclic) bond motifs is 7. The zero-order valence-corrected chi connectivity index (χ0v) is 40.8. The molecule has 1 fully saturated rings. The maximum absolute atomic E-state index is 16.3. The molecule has 12 heteroatoms. The number of carbonyl (C=O) groups excluding carboxylic acids is 1.